The normalized spacial score (nSPS) is 20.6. The monoisotopic (exact) mass is 487 g/mol. The minimum Gasteiger partial charge on any atom is -0.460 e. The van der Waals surface area contributed by atoms with Crippen molar-refractivity contribution in [3.8, 4) is 0 Å². The molecule has 0 aliphatic heterocycles. The Morgan fingerprint density at radius 2 is 1.79 bits per heavy atom. The minimum atomic E-state index is -3.90. The Bertz CT molecular complexity index is 1110. The van der Waals surface area contributed by atoms with E-state index in [1.807, 2.05) is 6.92 Å². The molecule has 7 nitrogen and oxygen atoms in total. The number of hydrogen-bond donors (Lipinski definition) is 1. The van der Waals surface area contributed by atoms with Gasteiger partial charge in [0, 0.05) is 5.69 Å². The van der Waals surface area contributed by atoms with Gasteiger partial charge in [-0.3, -0.25) is 4.72 Å². The molecule has 0 heterocycles. The third kappa shape index (κ3) is 6.82. The van der Waals surface area contributed by atoms with Crippen molar-refractivity contribution in [2.75, 3.05) is 11.3 Å². The van der Waals surface area contributed by atoms with E-state index < -0.39 is 28.6 Å². The van der Waals surface area contributed by atoms with Gasteiger partial charge in [0.1, 0.15) is 6.10 Å². The number of nitrogens with one attached hydrogen (secondary N) is 1. The van der Waals surface area contributed by atoms with Crippen molar-refractivity contribution in [2.24, 2.45) is 17.8 Å². The first-order valence-corrected chi connectivity index (χ1v) is 13.1. The Hall–Kier alpha value is -2.87. The van der Waals surface area contributed by atoms with E-state index in [4.69, 9.17) is 9.47 Å². The summed E-state index contributed by atoms with van der Waals surface area (Å²) in [6.45, 7) is 7.77. The first-order chi connectivity index (χ1) is 16.0. The highest BCUT2D eigenvalue weighted by Gasteiger charge is 2.33. The average Bonchev–Trinajstić information content (AvgIpc) is 2.79. The number of sulfonamides is 1. The molecule has 2 aromatic rings. The van der Waals surface area contributed by atoms with Gasteiger partial charge < -0.3 is 9.47 Å². The lowest BCUT2D eigenvalue weighted by Gasteiger charge is -2.36. The van der Waals surface area contributed by atoms with Gasteiger partial charge in [-0.1, -0.05) is 51.0 Å². The number of benzene rings is 2. The predicted octanol–water partition coefficient (Wildman–Crippen LogP) is 4.96. The zero-order chi connectivity index (χ0) is 24.9. The van der Waals surface area contributed by atoms with Crippen LogP contribution in [0.25, 0.3) is 0 Å². The van der Waals surface area contributed by atoms with Gasteiger partial charge in [0.25, 0.3) is 10.0 Å². The summed E-state index contributed by atoms with van der Waals surface area (Å²) in [5, 5.41) is 0. The lowest BCUT2D eigenvalue weighted by atomic mass is 9.75. The molecular weight excluding hydrogens is 454 g/mol. The zero-order valence-corrected chi connectivity index (χ0v) is 20.9. The summed E-state index contributed by atoms with van der Waals surface area (Å²) >= 11 is 0. The van der Waals surface area contributed by atoms with Crippen LogP contribution in [-0.4, -0.2) is 33.1 Å². The Balaban J connectivity index is 1.60. The number of hydrogen-bond acceptors (Lipinski definition) is 6. The molecule has 1 N–H and O–H groups in total. The molecule has 0 spiro atoms. The third-order valence-corrected chi connectivity index (χ3v) is 7.63. The van der Waals surface area contributed by atoms with Crippen LogP contribution in [0.1, 0.15) is 56.0 Å². The Morgan fingerprint density at radius 3 is 2.47 bits per heavy atom. The molecule has 34 heavy (non-hydrogen) atoms. The molecule has 3 unspecified atom stereocenters. The van der Waals surface area contributed by atoms with E-state index in [2.05, 4.69) is 25.5 Å². The molecular formula is C26H33NO6S. The molecule has 0 aromatic heterocycles. The van der Waals surface area contributed by atoms with Gasteiger partial charge in [0.15, 0.2) is 6.61 Å². The SMILES string of the molecule is Cc1ccc(NS(=O)(=O)c2cccc(C(=O)OCC(=O)OC3CC(C)CCC3C(C)C)c2)cc1. The molecule has 8 heteroatoms. The summed E-state index contributed by atoms with van der Waals surface area (Å²) in [6.07, 6.45) is 2.74. The van der Waals surface area contributed by atoms with Crippen LogP contribution in [-0.2, 0) is 24.3 Å². The zero-order valence-electron chi connectivity index (χ0n) is 20.1. The molecule has 1 saturated carbocycles. The quantitative estimate of drug-likeness (QED) is 0.529. The molecule has 1 fully saturated rings. The Morgan fingerprint density at radius 1 is 1.09 bits per heavy atom. The van der Waals surface area contributed by atoms with Crippen LogP contribution in [0.5, 0.6) is 0 Å². The van der Waals surface area contributed by atoms with Crippen molar-refractivity contribution in [2.45, 2.75) is 58.0 Å². The highest BCUT2D eigenvalue weighted by Crippen LogP contribution is 2.35. The number of carbonyl (C=O) groups is 2. The number of ether oxygens (including phenoxy) is 2. The van der Waals surface area contributed by atoms with E-state index >= 15 is 0 Å². The van der Waals surface area contributed by atoms with Gasteiger partial charge in [-0.2, -0.15) is 0 Å². The molecule has 3 rings (SSSR count). The highest BCUT2D eigenvalue weighted by atomic mass is 32.2. The fourth-order valence-corrected chi connectivity index (χ4v) is 5.39. The summed E-state index contributed by atoms with van der Waals surface area (Å²) in [6, 6.07) is 12.4. The van der Waals surface area contributed by atoms with Crippen molar-refractivity contribution in [3.05, 3.63) is 59.7 Å². The smallest absolute Gasteiger partial charge is 0.344 e. The maximum absolute atomic E-state index is 12.7. The standard InChI is InChI=1S/C26H33NO6S/c1-17(2)23-13-10-19(4)14-24(23)33-25(28)16-32-26(29)20-6-5-7-22(15-20)34(30,31)27-21-11-8-18(3)9-12-21/h5-9,11-12,15,17,19,23-24,27H,10,13-14,16H2,1-4H3. The summed E-state index contributed by atoms with van der Waals surface area (Å²) in [4.78, 5) is 24.8. The Kier molecular flexibility index (Phi) is 8.36. The maximum Gasteiger partial charge on any atom is 0.344 e. The van der Waals surface area contributed by atoms with Crippen molar-refractivity contribution in [3.63, 3.8) is 0 Å². The van der Waals surface area contributed by atoms with E-state index in [1.54, 1.807) is 24.3 Å². The van der Waals surface area contributed by atoms with E-state index in [9.17, 15) is 18.0 Å². The van der Waals surface area contributed by atoms with Crippen molar-refractivity contribution >= 4 is 27.6 Å². The lowest BCUT2D eigenvalue weighted by molar-refractivity contribution is -0.159. The highest BCUT2D eigenvalue weighted by molar-refractivity contribution is 7.92. The third-order valence-electron chi connectivity index (χ3n) is 6.25. The molecule has 2 aromatic carbocycles. The second kappa shape index (κ2) is 11.0. The van der Waals surface area contributed by atoms with Gasteiger partial charge >= 0.3 is 11.9 Å². The molecule has 0 radical (unpaired) electrons. The van der Waals surface area contributed by atoms with E-state index in [1.165, 1.54) is 24.3 Å². The summed E-state index contributed by atoms with van der Waals surface area (Å²) in [7, 11) is -3.90. The van der Waals surface area contributed by atoms with Gasteiger partial charge in [-0.15, -0.1) is 0 Å². The van der Waals surface area contributed by atoms with E-state index in [-0.39, 0.29) is 16.6 Å². The molecule has 184 valence electrons. The number of aryl methyl sites for hydroxylation is 1. The van der Waals surface area contributed by atoms with Crippen molar-refractivity contribution in [1.82, 2.24) is 0 Å². The lowest BCUT2D eigenvalue weighted by Crippen LogP contribution is -2.36. The molecule has 1 aliphatic carbocycles. The topological polar surface area (TPSA) is 98.8 Å². The van der Waals surface area contributed by atoms with Crippen molar-refractivity contribution < 1.29 is 27.5 Å². The fourth-order valence-electron chi connectivity index (χ4n) is 4.29. The fraction of sp³-hybridized carbons (Fsp3) is 0.462. The Labute approximate surface area is 201 Å². The first-order valence-electron chi connectivity index (χ1n) is 11.6. The summed E-state index contributed by atoms with van der Waals surface area (Å²) < 4.78 is 38.7. The minimum absolute atomic E-state index is 0.0333. The van der Waals surface area contributed by atoms with Crippen LogP contribution in [0.2, 0.25) is 0 Å². The van der Waals surface area contributed by atoms with Crippen LogP contribution in [0.4, 0.5) is 5.69 Å². The van der Waals surface area contributed by atoms with Crippen LogP contribution < -0.4 is 4.72 Å². The molecule has 0 bridgehead atoms. The maximum atomic E-state index is 12.7. The van der Waals surface area contributed by atoms with Gasteiger partial charge in [-0.05, 0) is 67.9 Å². The van der Waals surface area contributed by atoms with Gasteiger partial charge in [0.05, 0.1) is 10.5 Å². The number of carbonyl (C=O) groups excluding carboxylic acids is 2. The number of anilines is 1. The van der Waals surface area contributed by atoms with Crippen LogP contribution in [0.3, 0.4) is 0 Å². The number of rotatable bonds is 8. The van der Waals surface area contributed by atoms with Crippen LogP contribution in [0, 0.1) is 24.7 Å². The second-order valence-electron chi connectivity index (χ2n) is 9.43. The second-order valence-corrected chi connectivity index (χ2v) is 11.1. The van der Waals surface area contributed by atoms with E-state index in [0.717, 1.165) is 24.8 Å². The molecule has 3 atom stereocenters. The molecule has 0 saturated heterocycles. The summed E-state index contributed by atoms with van der Waals surface area (Å²) in [5.74, 6) is -0.219. The van der Waals surface area contributed by atoms with Gasteiger partial charge in [0.2, 0.25) is 0 Å². The molecule has 1 aliphatic rings. The largest absolute Gasteiger partial charge is 0.460 e. The predicted molar refractivity (Wildman–Crippen MR) is 130 cm³/mol. The van der Waals surface area contributed by atoms with Crippen LogP contribution >= 0.6 is 0 Å². The first kappa shape index (κ1) is 25.7. The molecule has 0 amide bonds. The van der Waals surface area contributed by atoms with E-state index in [0.29, 0.717) is 23.4 Å². The van der Waals surface area contributed by atoms with Crippen LogP contribution in [0.15, 0.2) is 53.4 Å². The number of esters is 2. The summed E-state index contributed by atoms with van der Waals surface area (Å²) in [5.41, 5.74) is 1.45. The van der Waals surface area contributed by atoms with Gasteiger partial charge in [-0.25, -0.2) is 18.0 Å². The van der Waals surface area contributed by atoms with Crippen molar-refractivity contribution in [1.29, 1.82) is 0 Å². The average molecular weight is 488 g/mol.